The summed E-state index contributed by atoms with van der Waals surface area (Å²) in [6, 6.07) is 0. The van der Waals surface area contributed by atoms with Gasteiger partial charge in [-0.2, -0.15) is 0 Å². The number of carbonyl (C=O) groups is 2. The second-order valence-electron chi connectivity index (χ2n) is 13.3. The molecule has 0 aromatic carbocycles. The van der Waals surface area contributed by atoms with Gasteiger partial charge in [-0.1, -0.05) is 206 Å². The number of rotatable bonds is 33. The van der Waals surface area contributed by atoms with E-state index in [4.69, 9.17) is 22.7 Å². The minimum atomic E-state index is -1.67. The number of halogens is 2. The molecule has 0 aliphatic heterocycles. The van der Waals surface area contributed by atoms with Crippen LogP contribution in [0.4, 0.5) is 0 Å². The summed E-state index contributed by atoms with van der Waals surface area (Å²) in [6.07, 6.45) is 45.0. The summed E-state index contributed by atoms with van der Waals surface area (Å²) in [5.41, 5.74) is 5.48. The molecule has 1 amide bonds. The standard InChI is InChI=1S/C20H40NO.C18H39N.C2H3O2.Cl2OS.2HN.2W/c1-3-4-5-6-7-8-9-10-11-12-13-14-15-16-17-18-19-21-20(2)22;1-2-3-4-5-6-7-8-9-10-11-12-13-14-15-16-17-18-19;1-2(3)4;1-4(2)3;;;;/h2-19H2,1H3,(H,21,22);2-19H2,1H3;1H2,(H,3,4);;2*1H;;/q-1;;-1;;;;;/i;;;;2*1T;;. The van der Waals surface area contributed by atoms with Crippen molar-refractivity contribution in [3.8, 4) is 0 Å². The maximum Gasteiger partial charge on any atom is 0.161 e. The quantitative estimate of drug-likeness (QED) is 0.0251. The summed E-state index contributed by atoms with van der Waals surface area (Å²) in [5, 5.41) is 10.1. The number of carbonyl (C=O) groups excluding carboxylic acids is 1. The number of carboxylic acid groups (broad SMARTS) is 1. The fraction of sp³-hybridized carbons (Fsp3) is 0.900. The Balaban J connectivity index is -0.000000163. The maximum absolute atomic E-state index is 10.6. The molecule has 0 aliphatic rings. The fourth-order valence-electron chi connectivity index (χ4n) is 5.59. The molecule has 0 aromatic heterocycles. The molecular formula is C40H84Cl2N4O4SW2-2. The third-order valence-electron chi connectivity index (χ3n) is 8.41. The van der Waals surface area contributed by atoms with E-state index in [2.05, 4.69) is 62.2 Å². The van der Waals surface area contributed by atoms with Crippen LogP contribution in [0.1, 0.15) is 219 Å². The van der Waals surface area contributed by atoms with Crippen molar-refractivity contribution < 1.29 is 61.0 Å². The topological polar surface area (TPSA) is 157 Å². The second-order valence-corrected chi connectivity index (χ2v) is 15.8. The molecule has 6 N–H and O–H groups in total. The van der Waals surface area contributed by atoms with Crippen LogP contribution in [0, 0.1) is 21.7 Å². The van der Waals surface area contributed by atoms with Crippen molar-refractivity contribution in [3.05, 3.63) is 13.8 Å². The molecule has 0 fully saturated rings. The third-order valence-corrected chi connectivity index (χ3v) is 8.41. The number of aliphatic carboxylic acids is 1. The Kier molecular flexibility index (Phi) is 79.5. The van der Waals surface area contributed by atoms with Crippen LogP contribution in [0.5, 0.6) is 0 Å². The number of carboxylic acids is 1. The van der Waals surface area contributed by atoms with Crippen molar-refractivity contribution in [1.29, 1.82) is 7.81 Å². The van der Waals surface area contributed by atoms with Crippen molar-refractivity contribution in [3.63, 3.8) is 0 Å². The Hall–Kier alpha value is 0.347. The van der Waals surface area contributed by atoms with Crippen LogP contribution in [0.2, 0.25) is 2.82 Å². The van der Waals surface area contributed by atoms with E-state index in [1.165, 1.54) is 199 Å². The average Bonchev–Trinajstić information content (AvgIpc) is 3.12. The van der Waals surface area contributed by atoms with E-state index in [1.807, 2.05) is 0 Å². The van der Waals surface area contributed by atoms with Gasteiger partial charge in [0.1, 0.15) is 0 Å². The molecule has 13 heteroatoms. The molecular weight excluding hydrogens is 1070 g/mol. The van der Waals surface area contributed by atoms with Crippen LogP contribution in [-0.2, 0) is 58.1 Å². The number of nitrogens with two attached hydrogens (primary N) is 1. The molecule has 0 rings (SSSR count). The summed E-state index contributed by atoms with van der Waals surface area (Å²) in [4.78, 5) is 19.5. The number of hydrogen-bond donors (Lipinski definition) is 5. The first-order valence-electron chi connectivity index (χ1n) is 21.5. The molecule has 0 aliphatic carbocycles. The summed E-state index contributed by atoms with van der Waals surface area (Å²) in [6.45, 7) is 12.1. The van der Waals surface area contributed by atoms with Crippen molar-refractivity contribution in [1.82, 2.24) is 5.32 Å². The van der Waals surface area contributed by atoms with E-state index in [9.17, 15) is 4.79 Å². The summed E-state index contributed by atoms with van der Waals surface area (Å²) in [5.74, 6) is -1.24. The Labute approximate surface area is 366 Å². The van der Waals surface area contributed by atoms with Crippen molar-refractivity contribution in [2.24, 2.45) is 5.73 Å². The van der Waals surface area contributed by atoms with Crippen LogP contribution >= 0.6 is 21.4 Å². The number of hydrogen-bond acceptors (Lipinski definition) is 6. The largest absolute Gasteiger partial charge is 0.503 e. The van der Waals surface area contributed by atoms with Crippen LogP contribution in [0.15, 0.2) is 0 Å². The summed E-state index contributed by atoms with van der Waals surface area (Å²) < 4.78 is 26.5. The normalized spacial score (nSPS) is 10.1. The van der Waals surface area contributed by atoms with E-state index in [0.29, 0.717) is 0 Å². The number of amides is 1. The van der Waals surface area contributed by atoms with Gasteiger partial charge in [0.25, 0.3) is 0 Å². The molecule has 0 aromatic rings. The van der Waals surface area contributed by atoms with E-state index < -0.39 is 15.2 Å². The maximum atomic E-state index is 10.6. The molecule has 0 radical (unpaired) electrons. The van der Waals surface area contributed by atoms with Gasteiger partial charge in [-0.05, 0) is 19.4 Å². The minimum Gasteiger partial charge on any atom is -0.503 e. The van der Waals surface area contributed by atoms with Gasteiger partial charge in [0.05, 0.1) is 5.91 Å². The van der Waals surface area contributed by atoms with E-state index in [0.717, 1.165) is 58.8 Å². The zero-order valence-electron chi connectivity index (χ0n) is 36.1. The first-order chi connectivity index (χ1) is 26.5. The van der Waals surface area contributed by atoms with E-state index in [-0.39, 0.29) is 5.91 Å². The number of unbranched alkanes of at least 4 members (excludes halogenated alkanes) is 30. The zero-order valence-corrected chi connectivity index (χ0v) is 42.3. The van der Waals surface area contributed by atoms with Crippen molar-refractivity contribution in [2.75, 3.05) is 13.1 Å². The van der Waals surface area contributed by atoms with E-state index in [1.54, 1.807) is 0 Å². The SMILES string of the molecule is CCCCCCCCCCCCCCCCCCN.O=S(Cl)Cl.[3H][N]=[W].[3H][N]=[W].[CH2-]C(=O)NCCCCCCCCCCCCCCCCCC.[CH2-]C(=O)O. The predicted octanol–water partition coefficient (Wildman–Crippen LogP) is 13.9. The van der Waals surface area contributed by atoms with Crippen LogP contribution in [0.25, 0.3) is 0 Å². The molecule has 0 heterocycles. The van der Waals surface area contributed by atoms with Gasteiger partial charge >= 0.3 is 49.9 Å². The van der Waals surface area contributed by atoms with E-state index >= 15 is 0 Å². The Morgan fingerprint density at radius 2 is 0.755 bits per heavy atom. The molecule has 0 bridgehead atoms. The number of nitrogens with one attached hydrogen (secondary N) is 3. The Bertz CT molecular complexity index is 719. The molecule has 0 atom stereocenters. The molecule has 53 heavy (non-hydrogen) atoms. The van der Waals surface area contributed by atoms with Gasteiger partial charge in [-0.15, -0.1) is 0 Å². The smallest absolute Gasteiger partial charge is 0.161 e. The first kappa shape index (κ1) is 60.0. The average molecular weight is 1160 g/mol. The monoisotopic (exact) mass is 1160 g/mol. The van der Waals surface area contributed by atoms with Gasteiger partial charge in [-0.25, -0.2) is 4.21 Å². The predicted molar refractivity (Wildman–Crippen MR) is 225 cm³/mol. The minimum absolute atomic E-state index is 0.152. The molecule has 0 saturated heterocycles. The molecule has 322 valence electrons. The zero-order chi connectivity index (χ0) is 42.9. The Morgan fingerprint density at radius 1 is 0.585 bits per heavy atom. The molecule has 8 nitrogen and oxygen atoms in total. The molecule has 0 saturated carbocycles. The van der Waals surface area contributed by atoms with Crippen LogP contribution < -0.4 is 11.1 Å². The van der Waals surface area contributed by atoms with Gasteiger partial charge in [0.15, 0.2) is 5.97 Å². The van der Waals surface area contributed by atoms with Crippen molar-refractivity contribution in [2.45, 2.75) is 219 Å². The molecule has 0 spiro atoms. The van der Waals surface area contributed by atoms with Gasteiger partial charge in [0.2, 0.25) is 9.23 Å². The summed E-state index contributed by atoms with van der Waals surface area (Å²) in [7, 11) is 7.36. The summed E-state index contributed by atoms with van der Waals surface area (Å²) >= 11 is 1.93. The fourth-order valence-corrected chi connectivity index (χ4v) is 5.59. The van der Waals surface area contributed by atoms with Gasteiger partial charge in [-0.3, -0.25) is 11.7 Å². The van der Waals surface area contributed by atoms with Crippen molar-refractivity contribution >= 4 is 42.5 Å². The van der Waals surface area contributed by atoms with Crippen LogP contribution in [-0.4, -0.2) is 34.3 Å². The second kappa shape index (κ2) is 70.2. The van der Waals surface area contributed by atoms with Gasteiger partial charge < -0.3 is 27.9 Å². The first-order valence-corrected chi connectivity index (χ1v) is 26.0. The van der Waals surface area contributed by atoms with Gasteiger partial charge in [0, 0.05) is 27.9 Å². The third kappa shape index (κ3) is 106. The Morgan fingerprint density at radius 3 is 0.925 bits per heavy atom. The van der Waals surface area contributed by atoms with Crippen LogP contribution in [0.3, 0.4) is 0 Å². The molecule has 0 unspecified atom stereocenters.